The Morgan fingerprint density at radius 2 is 1.38 bits per heavy atom. The van der Waals surface area contributed by atoms with Crippen molar-refractivity contribution in [2.45, 2.75) is 76.5 Å². The van der Waals surface area contributed by atoms with Crippen molar-refractivity contribution in [3.05, 3.63) is 60.7 Å². The summed E-state index contributed by atoms with van der Waals surface area (Å²) in [6, 6.07) is 3.02. The fourth-order valence-corrected chi connectivity index (χ4v) is 4.63. The molecule has 0 saturated heterocycles. The van der Waals surface area contributed by atoms with E-state index in [-0.39, 0.29) is 25.3 Å². The van der Waals surface area contributed by atoms with Gasteiger partial charge in [0.2, 0.25) is 0 Å². The highest BCUT2D eigenvalue weighted by Gasteiger charge is 2.34. The Bertz CT molecular complexity index is 1070. The van der Waals surface area contributed by atoms with E-state index < -0.39 is 25.1 Å². The molecular formula is C24H36BrF2N6O5P. The van der Waals surface area contributed by atoms with E-state index in [0.717, 1.165) is 36.7 Å². The quantitative estimate of drug-likeness (QED) is 0.108. The zero-order valence-electron chi connectivity index (χ0n) is 21.7. The Kier molecular flexibility index (Phi) is 14.9. The predicted octanol–water partition coefficient (Wildman–Crippen LogP) is 4.74. The maximum absolute atomic E-state index is 14.1. The molecule has 1 aromatic carbocycles. The summed E-state index contributed by atoms with van der Waals surface area (Å²) < 4.78 is 44.7. The van der Waals surface area contributed by atoms with Gasteiger partial charge in [0, 0.05) is 17.0 Å². The molecule has 2 aromatic heterocycles. The molecule has 0 unspecified atom stereocenters. The fraction of sp³-hybridized carbons (Fsp3) is 0.583. The van der Waals surface area contributed by atoms with Gasteiger partial charge in [0.1, 0.15) is 42.5 Å². The predicted molar refractivity (Wildman–Crippen MR) is 144 cm³/mol. The first-order valence-corrected chi connectivity index (χ1v) is 15.4. The maximum atomic E-state index is 14.1. The van der Waals surface area contributed by atoms with Gasteiger partial charge in [-0.2, -0.15) is 10.2 Å². The first-order chi connectivity index (χ1) is 18.6. The number of benzene rings is 1. The van der Waals surface area contributed by atoms with Gasteiger partial charge in [-0.15, -0.1) is 0 Å². The van der Waals surface area contributed by atoms with Gasteiger partial charge in [-0.3, -0.25) is 4.52 Å². The molecule has 0 saturated carbocycles. The molecule has 218 valence electrons. The summed E-state index contributed by atoms with van der Waals surface area (Å²) in [6.07, 6.45) is 15.9. The van der Waals surface area contributed by atoms with Crippen molar-refractivity contribution in [1.29, 1.82) is 0 Å². The molecule has 0 fully saturated rings. The van der Waals surface area contributed by atoms with Crippen LogP contribution in [0.1, 0.15) is 63.4 Å². The second kappa shape index (κ2) is 17.6. The normalized spacial score (nSPS) is 11.8. The highest BCUT2D eigenvalue weighted by molar-refractivity contribution is 9.09. The zero-order chi connectivity index (χ0) is 28.6. The van der Waals surface area contributed by atoms with Crippen LogP contribution in [0, 0.1) is 11.6 Å². The summed E-state index contributed by atoms with van der Waals surface area (Å²) in [6.45, 7) is 0.0142. The summed E-state index contributed by atoms with van der Waals surface area (Å²) in [5, 5.41) is 19.9. The van der Waals surface area contributed by atoms with Gasteiger partial charge in [-0.05, 0) is 18.9 Å². The standard InChI is InChI=1S/C13H12F2N6O.C11H24BrO4P/c14-10-1-2-11(12(15)3-10)13(22,4-20-8-16-6-18-20)5-21-9-17-7-19-21;12-10-8-6-4-2-1-3-5-7-9-11-16-17(13,14)15/h1-3,6-9,22H,4-5H2;1-11H2,(H2,13,14,15). The Morgan fingerprint density at radius 1 is 0.872 bits per heavy atom. The van der Waals surface area contributed by atoms with Crippen molar-refractivity contribution in [3.63, 3.8) is 0 Å². The molecule has 0 aliphatic heterocycles. The van der Waals surface area contributed by atoms with Gasteiger partial charge in [0.25, 0.3) is 0 Å². The number of nitrogens with zero attached hydrogens (tertiary/aromatic N) is 6. The molecular weight excluding hydrogens is 601 g/mol. The summed E-state index contributed by atoms with van der Waals surface area (Å²) in [7, 11) is -4.25. The number of hydrogen-bond donors (Lipinski definition) is 3. The monoisotopic (exact) mass is 636 g/mol. The third kappa shape index (κ3) is 13.7. The van der Waals surface area contributed by atoms with E-state index in [1.807, 2.05) is 0 Å². The van der Waals surface area contributed by atoms with Crippen molar-refractivity contribution in [2.24, 2.45) is 0 Å². The van der Waals surface area contributed by atoms with Gasteiger partial charge in [0.05, 0.1) is 19.7 Å². The molecule has 0 atom stereocenters. The second-order valence-corrected chi connectivity index (χ2v) is 11.1. The van der Waals surface area contributed by atoms with Crippen molar-refractivity contribution in [2.75, 3.05) is 11.9 Å². The number of phosphoric ester groups is 1. The van der Waals surface area contributed by atoms with Crippen LogP contribution in [-0.4, -0.2) is 56.4 Å². The number of hydrogen-bond acceptors (Lipinski definition) is 7. The van der Waals surface area contributed by atoms with Crippen molar-refractivity contribution in [3.8, 4) is 0 Å². The molecule has 3 aromatic rings. The Hall–Kier alpha value is -2.09. The van der Waals surface area contributed by atoms with Gasteiger partial charge in [-0.1, -0.05) is 66.9 Å². The van der Waals surface area contributed by atoms with Crippen LogP contribution in [0.2, 0.25) is 0 Å². The number of unbranched alkanes of at least 4 members (excludes halogenated alkanes) is 8. The fourth-order valence-electron chi connectivity index (χ4n) is 3.87. The smallest absolute Gasteiger partial charge is 0.381 e. The van der Waals surface area contributed by atoms with Crippen LogP contribution >= 0.6 is 23.8 Å². The number of halogens is 3. The van der Waals surface area contributed by atoms with Crippen LogP contribution in [0.5, 0.6) is 0 Å². The molecule has 2 heterocycles. The van der Waals surface area contributed by atoms with E-state index in [1.165, 1.54) is 79.3 Å². The van der Waals surface area contributed by atoms with Crippen LogP contribution in [0.3, 0.4) is 0 Å². The largest absolute Gasteiger partial charge is 0.469 e. The highest BCUT2D eigenvalue weighted by atomic mass is 79.9. The minimum Gasteiger partial charge on any atom is -0.381 e. The van der Waals surface area contributed by atoms with Crippen LogP contribution < -0.4 is 0 Å². The highest BCUT2D eigenvalue weighted by Crippen LogP contribution is 2.35. The maximum Gasteiger partial charge on any atom is 0.469 e. The van der Waals surface area contributed by atoms with Crippen LogP contribution in [0.15, 0.2) is 43.5 Å². The number of alkyl halides is 1. The molecule has 11 nitrogen and oxygen atoms in total. The van der Waals surface area contributed by atoms with Crippen LogP contribution in [0.4, 0.5) is 8.78 Å². The van der Waals surface area contributed by atoms with Crippen molar-refractivity contribution >= 4 is 23.8 Å². The number of aliphatic hydroxyl groups is 1. The molecule has 0 aliphatic carbocycles. The molecule has 0 radical (unpaired) electrons. The second-order valence-electron chi connectivity index (χ2n) is 9.04. The molecule has 0 bridgehead atoms. The van der Waals surface area contributed by atoms with E-state index in [4.69, 9.17) is 9.79 Å². The van der Waals surface area contributed by atoms with Gasteiger partial charge >= 0.3 is 7.82 Å². The molecule has 3 N–H and O–H groups in total. The summed E-state index contributed by atoms with van der Waals surface area (Å²) in [4.78, 5) is 24.5. The summed E-state index contributed by atoms with van der Waals surface area (Å²) >= 11 is 3.41. The lowest BCUT2D eigenvalue weighted by Crippen LogP contribution is -2.37. The topological polar surface area (TPSA) is 148 Å². The van der Waals surface area contributed by atoms with Gasteiger partial charge < -0.3 is 14.9 Å². The number of phosphoric acid groups is 1. The third-order valence-corrected chi connectivity index (χ3v) is 6.83. The van der Waals surface area contributed by atoms with E-state index in [1.54, 1.807) is 0 Å². The third-order valence-electron chi connectivity index (χ3n) is 5.75. The van der Waals surface area contributed by atoms with Crippen LogP contribution in [0.25, 0.3) is 0 Å². The Balaban J connectivity index is 0.000000285. The van der Waals surface area contributed by atoms with E-state index in [2.05, 4.69) is 40.6 Å². The Labute approximate surface area is 235 Å². The lowest BCUT2D eigenvalue weighted by atomic mass is 9.93. The molecule has 3 rings (SSSR count). The lowest BCUT2D eigenvalue weighted by molar-refractivity contribution is -0.00856. The Morgan fingerprint density at radius 3 is 1.82 bits per heavy atom. The van der Waals surface area contributed by atoms with Gasteiger partial charge in [0.15, 0.2) is 0 Å². The first-order valence-electron chi connectivity index (χ1n) is 12.7. The van der Waals surface area contributed by atoms with E-state index in [0.29, 0.717) is 0 Å². The van der Waals surface area contributed by atoms with Crippen molar-refractivity contribution in [1.82, 2.24) is 29.5 Å². The molecule has 0 spiro atoms. The first kappa shape index (κ1) is 33.1. The average Bonchev–Trinajstić information content (AvgIpc) is 3.56. The van der Waals surface area contributed by atoms with Crippen molar-refractivity contribution < 1.29 is 32.8 Å². The summed E-state index contributed by atoms with van der Waals surface area (Å²) in [5.74, 6) is -1.56. The molecule has 0 aliphatic rings. The SMILES string of the molecule is O=P(O)(O)OCCCCCCCCCCCBr.OC(Cn1cncn1)(Cn1cncn1)c1ccc(F)cc1F. The minimum absolute atomic E-state index is 0.0556. The molecule has 15 heteroatoms. The number of rotatable bonds is 17. The molecule has 0 amide bonds. The average molecular weight is 637 g/mol. The number of aromatic nitrogens is 6. The van der Waals surface area contributed by atoms with E-state index >= 15 is 0 Å². The molecule has 39 heavy (non-hydrogen) atoms. The zero-order valence-corrected chi connectivity index (χ0v) is 24.1. The lowest BCUT2D eigenvalue weighted by Gasteiger charge is -2.28. The minimum atomic E-state index is -4.25. The summed E-state index contributed by atoms with van der Waals surface area (Å²) in [5.41, 5.74) is -1.75. The van der Waals surface area contributed by atoms with Crippen LogP contribution in [-0.2, 0) is 27.8 Å². The van der Waals surface area contributed by atoms with Gasteiger partial charge in [-0.25, -0.2) is 32.7 Å². The van der Waals surface area contributed by atoms with E-state index in [9.17, 15) is 18.5 Å².